The van der Waals surface area contributed by atoms with Crippen LogP contribution in [-0.4, -0.2) is 36.3 Å². The molecule has 0 aliphatic carbocycles. The zero-order valence-electron chi connectivity index (χ0n) is 11.2. The summed E-state index contributed by atoms with van der Waals surface area (Å²) in [5.41, 5.74) is 8.65. The number of quaternary nitrogens is 1. The lowest BCUT2D eigenvalue weighted by Crippen LogP contribution is -2.60. The fraction of sp³-hybridized carbons (Fsp3) is 0.727. The fourth-order valence-electron chi connectivity index (χ4n) is 1.39. The highest BCUT2D eigenvalue weighted by Gasteiger charge is 2.26. The topological polar surface area (TPSA) is 129 Å². The van der Waals surface area contributed by atoms with Gasteiger partial charge in [0, 0.05) is 0 Å². The van der Waals surface area contributed by atoms with Gasteiger partial charge >= 0.3 is 0 Å². The van der Waals surface area contributed by atoms with Crippen LogP contribution in [0.4, 0.5) is 0 Å². The Morgan fingerprint density at radius 1 is 1.22 bits per heavy atom. The second-order valence-electron chi connectivity index (χ2n) is 4.31. The van der Waals surface area contributed by atoms with Crippen LogP contribution in [0.2, 0.25) is 0 Å². The highest BCUT2D eigenvalue weighted by molar-refractivity contribution is 5.91. The summed E-state index contributed by atoms with van der Waals surface area (Å²) in [5.74, 6) is -1.38. The molecule has 0 spiro atoms. The molecule has 0 unspecified atom stereocenters. The molecule has 7 N–H and O–H groups in total. The lowest BCUT2D eigenvalue weighted by Gasteiger charge is -2.23. The summed E-state index contributed by atoms with van der Waals surface area (Å²) in [4.78, 5) is 34.1. The molecule has 7 heteroatoms. The van der Waals surface area contributed by atoms with E-state index in [4.69, 9.17) is 5.73 Å². The Labute approximate surface area is 107 Å². The molecule has 3 atom stereocenters. The number of carbonyl (C=O) groups excluding carboxylic acids is 3. The molecule has 104 valence electrons. The van der Waals surface area contributed by atoms with Gasteiger partial charge < -0.3 is 22.1 Å². The summed E-state index contributed by atoms with van der Waals surface area (Å²) in [6.07, 6.45) is 0.716. The van der Waals surface area contributed by atoms with Crippen molar-refractivity contribution < 1.29 is 20.1 Å². The van der Waals surface area contributed by atoms with Crippen LogP contribution < -0.4 is 22.1 Å². The largest absolute Gasteiger partial charge is 0.368 e. The van der Waals surface area contributed by atoms with Crippen molar-refractivity contribution in [1.82, 2.24) is 10.6 Å². The van der Waals surface area contributed by atoms with E-state index in [-0.39, 0.29) is 18.4 Å². The number of primary amides is 1. The SMILES string of the molecule is CC[C@H](C)[C@H](NC(=O)[C@@H](C)NC(=O)C[NH3+])C(N)=O. The van der Waals surface area contributed by atoms with Gasteiger partial charge in [-0.1, -0.05) is 20.3 Å². The zero-order chi connectivity index (χ0) is 14.3. The minimum Gasteiger partial charge on any atom is -0.368 e. The molecule has 0 bridgehead atoms. The molecule has 0 aromatic heterocycles. The number of carbonyl (C=O) groups is 3. The second-order valence-corrected chi connectivity index (χ2v) is 4.31. The fourth-order valence-corrected chi connectivity index (χ4v) is 1.39. The van der Waals surface area contributed by atoms with E-state index >= 15 is 0 Å². The summed E-state index contributed by atoms with van der Waals surface area (Å²) in [6, 6.07) is -1.44. The minimum absolute atomic E-state index is 0.0535. The van der Waals surface area contributed by atoms with Crippen molar-refractivity contribution in [3.63, 3.8) is 0 Å². The molecule has 0 saturated heterocycles. The Hall–Kier alpha value is -1.63. The third-order valence-electron chi connectivity index (χ3n) is 2.82. The number of hydrogen-bond acceptors (Lipinski definition) is 3. The van der Waals surface area contributed by atoms with Gasteiger partial charge in [-0.3, -0.25) is 14.4 Å². The number of nitrogens with one attached hydrogen (secondary N) is 2. The predicted octanol–water partition coefficient (Wildman–Crippen LogP) is -2.25. The van der Waals surface area contributed by atoms with Crippen LogP contribution in [0.1, 0.15) is 27.2 Å². The van der Waals surface area contributed by atoms with Crippen LogP contribution >= 0.6 is 0 Å². The van der Waals surface area contributed by atoms with Gasteiger partial charge in [0.1, 0.15) is 12.1 Å². The molecule has 0 aromatic rings. The molecule has 0 saturated carbocycles. The van der Waals surface area contributed by atoms with Crippen molar-refractivity contribution >= 4 is 17.7 Å². The summed E-state index contributed by atoms with van der Waals surface area (Å²) < 4.78 is 0. The maximum absolute atomic E-state index is 11.8. The Bertz CT molecular complexity index is 319. The predicted molar refractivity (Wildman–Crippen MR) is 65.9 cm³/mol. The van der Waals surface area contributed by atoms with Gasteiger partial charge in [0.25, 0.3) is 5.91 Å². The average molecular weight is 259 g/mol. The van der Waals surface area contributed by atoms with E-state index in [1.165, 1.54) is 6.92 Å². The lowest BCUT2D eigenvalue weighted by molar-refractivity contribution is -0.355. The molecule has 0 aliphatic heterocycles. The van der Waals surface area contributed by atoms with Gasteiger partial charge in [-0.2, -0.15) is 0 Å². The van der Waals surface area contributed by atoms with Gasteiger partial charge in [-0.25, -0.2) is 0 Å². The van der Waals surface area contributed by atoms with E-state index in [2.05, 4.69) is 16.4 Å². The summed E-state index contributed by atoms with van der Waals surface area (Å²) >= 11 is 0. The van der Waals surface area contributed by atoms with Gasteiger partial charge in [-0.15, -0.1) is 0 Å². The average Bonchev–Trinajstić information content (AvgIpc) is 2.33. The molecular weight excluding hydrogens is 236 g/mol. The van der Waals surface area contributed by atoms with Crippen LogP contribution in [0.5, 0.6) is 0 Å². The molecule has 0 aromatic carbocycles. The molecule has 3 amide bonds. The van der Waals surface area contributed by atoms with Crippen LogP contribution in [0.15, 0.2) is 0 Å². The minimum atomic E-state index is -0.721. The van der Waals surface area contributed by atoms with Crippen LogP contribution in [0.25, 0.3) is 0 Å². The Kier molecular flexibility index (Phi) is 6.96. The van der Waals surface area contributed by atoms with E-state index in [9.17, 15) is 14.4 Å². The molecule has 0 fully saturated rings. The Balaban J connectivity index is 4.50. The maximum atomic E-state index is 11.8. The van der Waals surface area contributed by atoms with Crippen molar-refractivity contribution in [3.05, 3.63) is 0 Å². The van der Waals surface area contributed by atoms with Crippen molar-refractivity contribution in [3.8, 4) is 0 Å². The van der Waals surface area contributed by atoms with Gasteiger partial charge in [-0.05, 0) is 12.8 Å². The maximum Gasteiger partial charge on any atom is 0.275 e. The van der Waals surface area contributed by atoms with Crippen molar-refractivity contribution in [2.75, 3.05) is 6.54 Å². The van der Waals surface area contributed by atoms with Crippen molar-refractivity contribution in [2.24, 2.45) is 11.7 Å². The third-order valence-corrected chi connectivity index (χ3v) is 2.82. The molecule has 0 heterocycles. The molecular formula is C11H23N4O3+. The van der Waals surface area contributed by atoms with E-state index < -0.39 is 23.9 Å². The number of amides is 3. The summed E-state index contributed by atoms with van der Waals surface area (Å²) in [7, 11) is 0. The molecule has 18 heavy (non-hydrogen) atoms. The highest BCUT2D eigenvalue weighted by Crippen LogP contribution is 2.07. The number of hydrogen-bond donors (Lipinski definition) is 4. The third kappa shape index (κ3) is 5.13. The zero-order valence-corrected chi connectivity index (χ0v) is 11.2. The standard InChI is InChI=1S/C11H22N4O3/c1-4-6(2)9(10(13)17)15-11(18)7(3)14-8(16)5-12/h6-7,9H,4-5,12H2,1-3H3,(H2,13,17)(H,14,16)(H,15,18)/p+1/t6-,7+,9-/m0/s1. The summed E-state index contributed by atoms with van der Waals surface area (Å²) in [6.45, 7) is 5.33. The Morgan fingerprint density at radius 3 is 2.17 bits per heavy atom. The Morgan fingerprint density at radius 2 is 1.78 bits per heavy atom. The van der Waals surface area contributed by atoms with Crippen LogP contribution in [-0.2, 0) is 14.4 Å². The van der Waals surface area contributed by atoms with Gasteiger partial charge in [0.15, 0.2) is 6.54 Å². The first-order valence-electron chi connectivity index (χ1n) is 6.01. The van der Waals surface area contributed by atoms with E-state index in [0.717, 1.165) is 0 Å². The quantitative estimate of drug-likeness (QED) is 0.412. The summed E-state index contributed by atoms with van der Waals surface area (Å²) in [5, 5.41) is 5.01. The molecule has 0 aliphatic rings. The van der Waals surface area contributed by atoms with E-state index in [1.54, 1.807) is 0 Å². The normalized spacial score (nSPS) is 15.3. The molecule has 0 radical (unpaired) electrons. The van der Waals surface area contributed by atoms with E-state index in [1.807, 2.05) is 13.8 Å². The first-order chi connectivity index (χ1) is 8.33. The number of rotatable bonds is 7. The van der Waals surface area contributed by atoms with Crippen LogP contribution in [0.3, 0.4) is 0 Å². The number of nitrogens with two attached hydrogens (primary N) is 1. The lowest BCUT2D eigenvalue weighted by atomic mass is 9.98. The highest BCUT2D eigenvalue weighted by atomic mass is 16.2. The van der Waals surface area contributed by atoms with Crippen molar-refractivity contribution in [2.45, 2.75) is 39.3 Å². The first-order valence-corrected chi connectivity index (χ1v) is 6.01. The van der Waals surface area contributed by atoms with Gasteiger partial charge in [0.2, 0.25) is 11.8 Å². The molecule has 7 nitrogen and oxygen atoms in total. The monoisotopic (exact) mass is 259 g/mol. The van der Waals surface area contributed by atoms with Crippen LogP contribution in [0, 0.1) is 5.92 Å². The van der Waals surface area contributed by atoms with E-state index in [0.29, 0.717) is 6.42 Å². The second kappa shape index (κ2) is 7.65. The molecule has 0 rings (SSSR count). The van der Waals surface area contributed by atoms with Gasteiger partial charge in [0.05, 0.1) is 0 Å². The smallest absolute Gasteiger partial charge is 0.275 e. The van der Waals surface area contributed by atoms with Crippen molar-refractivity contribution in [1.29, 1.82) is 0 Å². The first kappa shape index (κ1) is 16.4.